The molecule has 1 unspecified atom stereocenters. The molecule has 1 fully saturated rings. The molecule has 0 spiro atoms. The third-order valence-corrected chi connectivity index (χ3v) is 5.02. The Labute approximate surface area is 133 Å². The molecule has 21 heavy (non-hydrogen) atoms. The van der Waals surface area contributed by atoms with Crippen molar-refractivity contribution in [2.24, 2.45) is 0 Å². The van der Waals surface area contributed by atoms with Crippen molar-refractivity contribution in [1.29, 1.82) is 0 Å². The summed E-state index contributed by atoms with van der Waals surface area (Å²) < 4.78 is 0. The Hall–Kier alpha value is -1.39. The lowest BCUT2D eigenvalue weighted by Gasteiger charge is -2.16. The van der Waals surface area contributed by atoms with E-state index in [2.05, 4.69) is 29.2 Å². The molecule has 1 atom stereocenters. The van der Waals surface area contributed by atoms with Gasteiger partial charge >= 0.3 is 0 Å². The Bertz CT molecular complexity index is 614. The summed E-state index contributed by atoms with van der Waals surface area (Å²) in [7, 11) is 0. The fraction of sp³-hybridized carbons (Fsp3) is 0.375. The molecule has 110 valence electrons. The van der Waals surface area contributed by atoms with E-state index < -0.39 is 0 Å². The third kappa shape index (κ3) is 3.44. The molecule has 0 bridgehead atoms. The molecule has 0 N–H and O–H groups in total. The van der Waals surface area contributed by atoms with E-state index in [0.29, 0.717) is 18.2 Å². The van der Waals surface area contributed by atoms with Gasteiger partial charge in [0.25, 0.3) is 0 Å². The Morgan fingerprint density at radius 2 is 2.19 bits per heavy atom. The summed E-state index contributed by atoms with van der Waals surface area (Å²) in [6, 6.07) is 10.4. The average Bonchev–Trinajstić information content (AvgIpc) is 3.17. The zero-order valence-corrected chi connectivity index (χ0v) is 13.2. The van der Waals surface area contributed by atoms with Crippen LogP contribution in [0.3, 0.4) is 0 Å². The van der Waals surface area contributed by atoms with E-state index in [9.17, 15) is 4.79 Å². The number of hydrogen-bond acceptors (Lipinski definition) is 3. The quantitative estimate of drug-likeness (QED) is 0.808. The van der Waals surface area contributed by atoms with Gasteiger partial charge < -0.3 is 4.90 Å². The van der Waals surface area contributed by atoms with Crippen LogP contribution in [0.4, 0.5) is 0 Å². The standard InChI is InChI=1S/C16H17ClN2OS/c17-9-14-11-21-15(18-14)8-16(20)19-7-6-13(10-19)12-4-2-1-3-5-12/h1-5,11,13H,6-10H2. The number of amides is 1. The second-order valence-electron chi connectivity index (χ2n) is 5.28. The number of carbonyl (C=O) groups is 1. The minimum atomic E-state index is 0.170. The second kappa shape index (κ2) is 6.58. The van der Waals surface area contributed by atoms with Crippen LogP contribution in [0.15, 0.2) is 35.7 Å². The van der Waals surface area contributed by atoms with Gasteiger partial charge in [0.05, 0.1) is 18.0 Å². The Kier molecular flexibility index (Phi) is 4.56. The van der Waals surface area contributed by atoms with Gasteiger partial charge in [0.1, 0.15) is 5.01 Å². The van der Waals surface area contributed by atoms with Gasteiger partial charge in [0.15, 0.2) is 0 Å². The van der Waals surface area contributed by atoms with Crippen molar-refractivity contribution in [3.05, 3.63) is 52.0 Å². The maximum Gasteiger partial charge on any atom is 0.229 e. The minimum absolute atomic E-state index is 0.170. The van der Waals surface area contributed by atoms with E-state index in [4.69, 9.17) is 11.6 Å². The van der Waals surface area contributed by atoms with Gasteiger partial charge in [-0.3, -0.25) is 4.79 Å². The molecule has 0 aliphatic carbocycles. The Balaban J connectivity index is 1.59. The van der Waals surface area contributed by atoms with Crippen molar-refractivity contribution in [2.45, 2.75) is 24.6 Å². The molecule has 3 rings (SSSR count). The van der Waals surface area contributed by atoms with Crippen LogP contribution in [-0.2, 0) is 17.1 Å². The van der Waals surface area contributed by atoms with Crippen molar-refractivity contribution < 1.29 is 4.79 Å². The second-order valence-corrected chi connectivity index (χ2v) is 6.49. The lowest BCUT2D eigenvalue weighted by atomic mass is 9.99. The topological polar surface area (TPSA) is 33.2 Å². The molecular weight excluding hydrogens is 304 g/mol. The normalized spacial score (nSPS) is 18.1. The minimum Gasteiger partial charge on any atom is -0.342 e. The molecule has 0 radical (unpaired) electrons. The predicted molar refractivity (Wildman–Crippen MR) is 85.8 cm³/mol. The largest absolute Gasteiger partial charge is 0.342 e. The highest BCUT2D eigenvalue weighted by molar-refractivity contribution is 7.09. The summed E-state index contributed by atoms with van der Waals surface area (Å²) in [4.78, 5) is 18.7. The van der Waals surface area contributed by atoms with Crippen LogP contribution in [-0.4, -0.2) is 28.9 Å². The maximum absolute atomic E-state index is 12.3. The Morgan fingerprint density at radius 3 is 2.90 bits per heavy atom. The van der Waals surface area contributed by atoms with Crippen LogP contribution in [0.5, 0.6) is 0 Å². The molecule has 1 amide bonds. The van der Waals surface area contributed by atoms with Crippen LogP contribution in [0.2, 0.25) is 0 Å². The van der Waals surface area contributed by atoms with Crippen LogP contribution >= 0.6 is 22.9 Å². The number of carbonyl (C=O) groups excluding carboxylic acids is 1. The monoisotopic (exact) mass is 320 g/mol. The van der Waals surface area contributed by atoms with E-state index in [1.54, 1.807) is 0 Å². The van der Waals surface area contributed by atoms with Crippen LogP contribution in [0.1, 0.15) is 28.6 Å². The van der Waals surface area contributed by atoms with Crippen molar-refractivity contribution in [2.75, 3.05) is 13.1 Å². The van der Waals surface area contributed by atoms with Crippen molar-refractivity contribution in [3.63, 3.8) is 0 Å². The van der Waals surface area contributed by atoms with E-state index in [0.717, 1.165) is 30.2 Å². The first-order valence-corrected chi connectivity index (χ1v) is 8.49. The number of thiazole rings is 1. The highest BCUT2D eigenvalue weighted by Gasteiger charge is 2.27. The Morgan fingerprint density at radius 1 is 1.38 bits per heavy atom. The first-order valence-electron chi connectivity index (χ1n) is 7.08. The predicted octanol–water partition coefficient (Wildman–Crippen LogP) is 3.44. The van der Waals surface area contributed by atoms with Crippen LogP contribution in [0.25, 0.3) is 0 Å². The number of likely N-dealkylation sites (tertiary alicyclic amines) is 1. The van der Waals surface area contributed by atoms with E-state index in [1.807, 2.05) is 16.3 Å². The first-order chi connectivity index (χ1) is 10.3. The number of hydrogen-bond donors (Lipinski definition) is 0. The zero-order valence-electron chi connectivity index (χ0n) is 11.7. The SMILES string of the molecule is O=C(Cc1nc(CCl)cs1)N1CCC(c2ccccc2)C1. The highest BCUT2D eigenvalue weighted by atomic mass is 35.5. The summed E-state index contributed by atoms with van der Waals surface area (Å²) in [6.07, 6.45) is 1.43. The van der Waals surface area contributed by atoms with Crippen molar-refractivity contribution >= 4 is 28.8 Å². The first kappa shape index (κ1) is 14.5. The highest BCUT2D eigenvalue weighted by Crippen LogP contribution is 2.27. The van der Waals surface area contributed by atoms with Gasteiger partial charge in [-0.1, -0.05) is 30.3 Å². The lowest BCUT2D eigenvalue weighted by molar-refractivity contribution is -0.129. The summed E-state index contributed by atoms with van der Waals surface area (Å²) in [5, 5.41) is 2.78. The van der Waals surface area contributed by atoms with E-state index in [-0.39, 0.29) is 5.91 Å². The third-order valence-electron chi connectivity index (χ3n) is 3.85. The molecule has 1 aromatic heterocycles. The molecule has 2 heterocycles. The van der Waals surface area contributed by atoms with E-state index >= 15 is 0 Å². The zero-order chi connectivity index (χ0) is 14.7. The van der Waals surface area contributed by atoms with Gasteiger partial charge in [-0.15, -0.1) is 22.9 Å². The number of benzene rings is 1. The lowest BCUT2D eigenvalue weighted by Crippen LogP contribution is -2.29. The molecule has 1 aliphatic rings. The summed E-state index contributed by atoms with van der Waals surface area (Å²) >= 11 is 7.26. The molecule has 0 saturated carbocycles. The molecule has 5 heteroatoms. The molecule has 1 saturated heterocycles. The smallest absolute Gasteiger partial charge is 0.229 e. The van der Waals surface area contributed by atoms with Crippen LogP contribution < -0.4 is 0 Å². The number of aromatic nitrogens is 1. The number of nitrogens with zero attached hydrogens (tertiary/aromatic N) is 2. The maximum atomic E-state index is 12.3. The van der Waals surface area contributed by atoms with Crippen molar-refractivity contribution in [3.8, 4) is 0 Å². The number of alkyl halides is 1. The van der Waals surface area contributed by atoms with Gasteiger partial charge in [0.2, 0.25) is 5.91 Å². The average molecular weight is 321 g/mol. The van der Waals surface area contributed by atoms with Crippen LogP contribution in [0, 0.1) is 0 Å². The van der Waals surface area contributed by atoms with E-state index in [1.165, 1.54) is 16.9 Å². The van der Waals surface area contributed by atoms with Gasteiger partial charge in [0, 0.05) is 24.4 Å². The van der Waals surface area contributed by atoms with Crippen molar-refractivity contribution in [1.82, 2.24) is 9.88 Å². The fourth-order valence-corrected chi connectivity index (χ4v) is 3.73. The molecule has 3 nitrogen and oxygen atoms in total. The summed E-state index contributed by atoms with van der Waals surface area (Å²) in [6.45, 7) is 1.66. The number of halogens is 1. The molecular formula is C16H17ClN2OS. The fourth-order valence-electron chi connectivity index (χ4n) is 2.72. The molecule has 2 aromatic rings. The molecule has 1 aromatic carbocycles. The molecule has 1 aliphatic heterocycles. The van der Waals surface area contributed by atoms with Gasteiger partial charge in [-0.2, -0.15) is 0 Å². The van der Waals surface area contributed by atoms with Gasteiger partial charge in [-0.05, 0) is 12.0 Å². The summed E-state index contributed by atoms with van der Waals surface area (Å²) in [5.41, 5.74) is 2.18. The van der Waals surface area contributed by atoms with Gasteiger partial charge in [-0.25, -0.2) is 4.98 Å². The number of rotatable bonds is 4. The summed E-state index contributed by atoms with van der Waals surface area (Å²) in [5.74, 6) is 1.04.